The quantitative estimate of drug-likeness (QED) is 0.849. The minimum Gasteiger partial charge on any atom is -0.443 e. The minimum atomic E-state index is -0.223. The van der Waals surface area contributed by atoms with Crippen molar-refractivity contribution in [3.63, 3.8) is 0 Å². The molecule has 1 aromatic rings. The van der Waals surface area contributed by atoms with Gasteiger partial charge in [-0.1, -0.05) is 32.0 Å². The van der Waals surface area contributed by atoms with E-state index < -0.39 is 0 Å². The summed E-state index contributed by atoms with van der Waals surface area (Å²) in [6, 6.07) is 9.73. The fraction of sp³-hybridized carbons (Fsp3) is 0.562. The van der Waals surface area contributed by atoms with E-state index in [0.29, 0.717) is 12.0 Å². The lowest BCUT2D eigenvalue weighted by molar-refractivity contribution is 0.113. The summed E-state index contributed by atoms with van der Waals surface area (Å²) in [5, 5.41) is 0. The van der Waals surface area contributed by atoms with E-state index in [0.717, 1.165) is 25.3 Å². The molecule has 0 aliphatic carbocycles. The average molecular weight is 274 g/mol. The molecule has 1 amide bonds. The highest BCUT2D eigenvalue weighted by atomic mass is 16.6. The van der Waals surface area contributed by atoms with Gasteiger partial charge < -0.3 is 4.74 Å². The van der Waals surface area contributed by atoms with Crippen LogP contribution in [-0.4, -0.2) is 43.3 Å². The molecule has 2 saturated heterocycles. The van der Waals surface area contributed by atoms with Gasteiger partial charge in [0.1, 0.15) is 6.10 Å². The van der Waals surface area contributed by atoms with Crippen molar-refractivity contribution in [1.29, 1.82) is 0 Å². The van der Waals surface area contributed by atoms with E-state index in [1.807, 2.05) is 30.3 Å². The third kappa shape index (κ3) is 2.80. The van der Waals surface area contributed by atoms with E-state index in [2.05, 4.69) is 18.7 Å². The minimum absolute atomic E-state index is 0.0170. The lowest BCUT2D eigenvalue weighted by Crippen LogP contribution is -2.34. The molecule has 0 N–H and O–H groups in total. The van der Waals surface area contributed by atoms with Crippen LogP contribution in [0, 0.1) is 5.41 Å². The number of rotatable bonds is 3. The third-order valence-electron chi connectivity index (χ3n) is 4.16. The molecule has 3 rings (SSSR count). The molecule has 0 saturated carbocycles. The van der Waals surface area contributed by atoms with Crippen molar-refractivity contribution < 1.29 is 9.53 Å². The van der Waals surface area contributed by atoms with Crippen molar-refractivity contribution in [3.8, 4) is 0 Å². The van der Waals surface area contributed by atoms with Crippen LogP contribution in [0.1, 0.15) is 20.3 Å². The molecule has 108 valence electrons. The highest BCUT2D eigenvalue weighted by Crippen LogP contribution is 2.30. The molecule has 0 spiro atoms. The van der Waals surface area contributed by atoms with Crippen LogP contribution in [-0.2, 0) is 4.74 Å². The molecule has 1 aromatic carbocycles. The Hall–Kier alpha value is -1.55. The first-order valence-electron chi connectivity index (χ1n) is 7.29. The summed E-state index contributed by atoms with van der Waals surface area (Å²) in [7, 11) is 0. The number of amides is 1. The van der Waals surface area contributed by atoms with E-state index in [1.54, 1.807) is 4.90 Å². The number of hydrogen-bond donors (Lipinski definition) is 0. The zero-order valence-electron chi connectivity index (χ0n) is 12.2. The highest BCUT2D eigenvalue weighted by Gasteiger charge is 2.36. The number of para-hydroxylation sites is 1. The van der Waals surface area contributed by atoms with E-state index >= 15 is 0 Å². The summed E-state index contributed by atoms with van der Waals surface area (Å²) >= 11 is 0. The predicted molar refractivity (Wildman–Crippen MR) is 78.9 cm³/mol. The largest absolute Gasteiger partial charge is 0.443 e. The van der Waals surface area contributed by atoms with Crippen LogP contribution in [0.5, 0.6) is 0 Å². The lowest BCUT2D eigenvalue weighted by Gasteiger charge is -2.21. The van der Waals surface area contributed by atoms with Crippen LogP contribution < -0.4 is 4.90 Å². The Balaban J connectivity index is 1.60. The number of hydrogen-bond acceptors (Lipinski definition) is 3. The van der Waals surface area contributed by atoms with Gasteiger partial charge in [0, 0.05) is 18.8 Å². The van der Waals surface area contributed by atoms with Gasteiger partial charge in [-0.05, 0) is 30.5 Å². The maximum absolute atomic E-state index is 12.0. The molecule has 2 aliphatic heterocycles. The Kier molecular flexibility index (Phi) is 3.42. The molecule has 2 heterocycles. The molecular formula is C16H22N2O2. The number of anilines is 1. The Morgan fingerprint density at radius 3 is 2.70 bits per heavy atom. The molecular weight excluding hydrogens is 252 g/mol. The first-order valence-corrected chi connectivity index (χ1v) is 7.29. The number of ether oxygens (including phenoxy) is 1. The zero-order chi connectivity index (χ0) is 14.2. The molecule has 0 radical (unpaired) electrons. The van der Waals surface area contributed by atoms with Crippen LogP contribution in [0.2, 0.25) is 0 Å². The molecule has 1 unspecified atom stereocenters. The van der Waals surface area contributed by atoms with Crippen LogP contribution in [0.3, 0.4) is 0 Å². The molecule has 4 nitrogen and oxygen atoms in total. The van der Waals surface area contributed by atoms with E-state index in [-0.39, 0.29) is 12.2 Å². The van der Waals surface area contributed by atoms with Crippen LogP contribution >= 0.6 is 0 Å². The standard InChI is InChI=1S/C16H22N2O2/c1-16(2)8-9-17(12-16)10-14-11-18(15(19)20-14)13-6-4-3-5-7-13/h3-7,14H,8-12H2,1-2H3. The summed E-state index contributed by atoms with van der Waals surface area (Å²) in [6.07, 6.45) is 0.979. The second-order valence-corrected chi connectivity index (χ2v) is 6.60. The van der Waals surface area contributed by atoms with E-state index in [4.69, 9.17) is 4.74 Å². The number of cyclic esters (lactones) is 1. The highest BCUT2D eigenvalue weighted by molar-refractivity contribution is 5.89. The SMILES string of the molecule is CC1(C)CCN(CC2CN(c3ccccc3)C(=O)O2)C1. The summed E-state index contributed by atoms with van der Waals surface area (Å²) in [4.78, 5) is 16.1. The number of nitrogens with zero attached hydrogens (tertiary/aromatic N) is 2. The molecule has 2 aliphatic rings. The smallest absolute Gasteiger partial charge is 0.414 e. The van der Waals surface area contributed by atoms with Gasteiger partial charge in [0.05, 0.1) is 6.54 Å². The van der Waals surface area contributed by atoms with Gasteiger partial charge in [-0.3, -0.25) is 9.80 Å². The van der Waals surface area contributed by atoms with E-state index in [9.17, 15) is 4.79 Å². The van der Waals surface area contributed by atoms with Crippen molar-refractivity contribution in [2.75, 3.05) is 31.1 Å². The fourth-order valence-corrected chi connectivity index (χ4v) is 3.10. The summed E-state index contributed by atoms with van der Waals surface area (Å²) in [6.45, 7) is 8.28. The molecule has 0 bridgehead atoms. The summed E-state index contributed by atoms with van der Waals surface area (Å²) in [5.41, 5.74) is 1.31. The van der Waals surface area contributed by atoms with Gasteiger partial charge in [-0.15, -0.1) is 0 Å². The monoisotopic (exact) mass is 274 g/mol. The Labute approximate surface area is 120 Å². The predicted octanol–water partition coefficient (Wildman–Crippen LogP) is 2.74. The second kappa shape index (κ2) is 5.09. The van der Waals surface area contributed by atoms with Crippen molar-refractivity contribution in [2.24, 2.45) is 5.41 Å². The average Bonchev–Trinajstić information content (AvgIpc) is 2.94. The van der Waals surface area contributed by atoms with Crippen LogP contribution in [0.4, 0.5) is 10.5 Å². The van der Waals surface area contributed by atoms with Gasteiger partial charge in [-0.2, -0.15) is 0 Å². The second-order valence-electron chi connectivity index (χ2n) is 6.60. The number of likely N-dealkylation sites (tertiary alicyclic amines) is 1. The van der Waals surface area contributed by atoms with Crippen molar-refractivity contribution in [1.82, 2.24) is 4.90 Å². The number of carbonyl (C=O) groups is 1. The first-order chi connectivity index (χ1) is 9.53. The topological polar surface area (TPSA) is 32.8 Å². The number of carbonyl (C=O) groups excluding carboxylic acids is 1. The first kappa shape index (κ1) is 13.4. The van der Waals surface area contributed by atoms with Crippen molar-refractivity contribution in [2.45, 2.75) is 26.4 Å². The van der Waals surface area contributed by atoms with Gasteiger partial charge in [-0.25, -0.2) is 4.79 Å². The molecule has 4 heteroatoms. The molecule has 20 heavy (non-hydrogen) atoms. The third-order valence-corrected chi connectivity index (χ3v) is 4.16. The Bertz CT molecular complexity index is 487. The van der Waals surface area contributed by atoms with Crippen LogP contribution in [0.15, 0.2) is 30.3 Å². The Morgan fingerprint density at radius 1 is 1.30 bits per heavy atom. The van der Waals surface area contributed by atoms with Crippen LogP contribution in [0.25, 0.3) is 0 Å². The fourth-order valence-electron chi connectivity index (χ4n) is 3.10. The van der Waals surface area contributed by atoms with Crippen molar-refractivity contribution in [3.05, 3.63) is 30.3 Å². The molecule has 2 fully saturated rings. The normalized spacial score (nSPS) is 26.0. The summed E-state index contributed by atoms with van der Waals surface area (Å²) in [5.74, 6) is 0. The van der Waals surface area contributed by atoms with Gasteiger partial charge in [0.25, 0.3) is 0 Å². The number of benzene rings is 1. The van der Waals surface area contributed by atoms with Gasteiger partial charge >= 0.3 is 6.09 Å². The molecule has 0 aromatic heterocycles. The van der Waals surface area contributed by atoms with Crippen molar-refractivity contribution >= 4 is 11.8 Å². The van der Waals surface area contributed by atoms with Gasteiger partial charge in [0.2, 0.25) is 0 Å². The maximum atomic E-state index is 12.0. The maximum Gasteiger partial charge on any atom is 0.414 e. The van der Waals surface area contributed by atoms with E-state index in [1.165, 1.54) is 6.42 Å². The molecule has 1 atom stereocenters. The Morgan fingerprint density at radius 2 is 2.05 bits per heavy atom. The zero-order valence-corrected chi connectivity index (χ0v) is 12.2. The lowest BCUT2D eigenvalue weighted by atomic mass is 9.93. The van der Waals surface area contributed by atoms with Gasteiger partial charge in [0.15, 0.2) is 0 Å². The summed E-state index contributed by atoms with van der Waals surface area (Å²) < 4.78 is 5.50.